The van der Waals surface area contributed by atoms with Gasteiger partial charge in [-0.3, -0.25) is 0 Å². The predicted molar refractivity (Wildman–Crippen MR) is 52.2 cm³/mol. The lowest BCUT2D eigenvalue weighted by molar-refractivity contribution is 0.526. The lowest BCUT2D eigenvalue weighted by Gasteiger charge is -2.03. The average Bonchev–Trinajstić information content (AvgIpc) is 2.03. The fourth-order valence-electron chi connectivity index (χ4n) is 1.11. The van der Waals surface area contributed by atoms with Crippen LogP contribution in [0.25, 0.3) is 0 Å². The summed E-state index contributed by atoms with van der Waals surface area (Å²) in [7, 11) is 0. The Hall–Kier alpha value is -0.660. The Morgan fingerprint density at radius 1 is 1.33 bits per heavy atom. The monoisotopic (exact) mass is 168 g/mol. The summed E-state index contributed by atoms with van der Waals surface area (Å²) < 4.78 is 0. The Bertz CT molecular complexity index is 139. The molecule has 0 aromatic rings. The van der Waals surface area contributed by atoms with Crippen LogP contribution in [0.2, 0.25) is 0 Å². The summed E-state index contributed by atoms with van der Waals surface area (Å²) in [6.07, 6.45) is 5.87. The summed E-state index contributed by atoms with van der Waals surface area (Å²) in [5, 5.41) is 3.28. The van der Waals surface area contributed by atoms with Gasteiger partial charge in [-0.25, -0.2) is 5.53 Å². The molecule has 12 heavy (non-hydrogen) atoms. The molecule has 0 fully saturated rings. The smallest absolute Gasteiger partial charge is 0.0552 e. The SMILES string of the molecule is C=C(CCCCCC(C)C)N=N. The van der Waals surface area contributed by atoms with E-state index in [1.807, 2.05) is 0 Å². The lowest BCUT2D eigenvalue weighted by atomic mass is 10.0. The zero-order chi connectivity index (χ0) is 9.40. The largest absolute Gasteiger partial charge is 0.205 e. The fraction of sp³-hybridized carbons (Fsp3) is 0.800. The summed E-state index contributed by atoms with van der Waals surface area (Å²) in [5.41, 5.74) is 7.39. The Morgan fingerprint density at radius 2 is 2.00 bits per heavy atom. The molecule has 0 aliphatic heterocycles. The molecule has 0 aliphatic carbocycles. The molecule has 2 nitrogen and oxygen atoms in total. The molecule has 2 heteroatoms. The molecule has 0 aromatic heterocycles. The second kappa shape index (κ2) is 7.01. The van der Waals surface area contributed by atoms with Crippen molar-refractivity contribution < 1.29 is 0 Å². The molecule has 0 aromatic carbocycles. The first-order chi connectivity index (χ1) is 5.66. The second-order valence-electron chi connectivity index (χ2n) is 3.67. The quantitative estimate of drug-likeness (QED) is 0.438. The first-order valence-electron chi connectivity index (χ1n) is 4.72. The maximum Gasteiger partial charge on any atom is 0.0552 e. The number of hydrogen-bond donors (Lipinski definition) is 1. The molecule has 0 heterocycles. The third kappa shape index (κ3) is 7.45. The zero-order valence-electron chi connectivity index (χ0n) is 8.27. The molecule has 0 aliphatic rings. The van der Waals surface area contributed by atoms with Gasteiger partial charge in [0.05, 0.1) is 5.70 Å². The minimum Gasteiger partial charge on any atom is -0.205 e. The second-order valence-corrected chi connectivity index (χ2v) is 3.67. The van der Waals surface area contributed by atoms with Crippen LogP contribution in [-0.4, -0.2) is 0 Å². The highest BCUT2D eigenvalue weighted by atomic mass is 15.0. The van der Waals surface area contributed by atoms with Crippen LogP contribution in [0.1, 0.15) is 46.0 Å². The fourth-order valence-corrected chi connectivity index (χ4v) is 1.11. The standard InChI is InChI=1S/C10H20N2/c1-9(2)7-5-4-6-8-10(3)12-11/h9,11H,3-8H2,1-2H3. The van der Waals surface area contributed by atoms with Gasteiger partial charge < -0.3 is 0 Å². The highest BCUT2D eigenvalue weighted by Gasteiger charge is 1.95. The van der Waals surface area contributed by atoms with E-state index in [4.69, 9.17) is 5.53 Å². The van der Waals surface area contributed by atoms with Crippen LogP contribution < -0.4 is 0 Å². The van der Waals surface area contributed by atoms with E-state index in [9.17, 15) is 0 Å². The molecule has 0 saturated carbocycles. The van der Waals surface area contributed by atoms with Crippen LogP contribution in [-0.2, 0) is 0 Å². The van der Waals surface area contributed by atoms with E-state index < -0.39 is 0 Å². The predicted octanol–water partition coefficient (Wildman–Crippen LogP) is 4.14. The number of unbranched alkanes of at least 4 members (excludes halogenated alkanes) is 2. The van der Waals surface area contributed by atoms with Crippen LogP contribution in [0, 0.1) is 11.4 Å². The van der Waals surface area contributed by atoms with E-state index in [2.05, 4.69) is 25.5 Å². The van der Waals surface area contributed by atoms with Crippen LogP contribution in [0.5, 0.6) is 0 Å². The Labute approximate surface area is 75.6 Å². The normalized spacial score (nSPS) is 10.2. The van der Waals surface area contributed by atoms with Crippen molar-refractivity contribution in [2.75, 3.05) is 0 Å². The van der Waals surface area contributed by atoms with Crippen molar-refractivity contribution in [3.05, 3.63) is 12.3 Å². The highest BCUT2D eigenvalue weighted by molar-refractivity contribution is 4.87. The molecular formula is C10H20N2. The highest BCUT2D eigenvalue weighted by Crippen LogP contribution is 2.12. The molecule has 0 unspecified atom stereocenters. The minimum atomic E-state index is 0.708. The Morgan fingerprint density at radius 3 is 2.50 bits per heavy atom. The molecule has 0 spiro atoms. The van der Waals surface area contributed by atoms with Crippen molar-refractivity contribution >= 4 is 0 Å². The van der Waals surface area contributed by atoms with Crippen LogP contribution >= 0.6 is 0 Å². The van der Waals surface area contributed by atoms with Gasteiger partial charge in [0.15, 0.2) is 0 Å². The van der Waals surface area contributed by atoms with E-state index in [-0.39, 0.29) is 0 Å². The first kappa shape index (κ1) is 11.3. The maximum atomic E-state index is 6.68. The van der Waals surface area contributed by atoms with E-state index >= 15 is 0 Å². The number of allylic oxidation sites excluding steroid dienone is 1. The van der Waals surface area contributed by atoms with E-state index in [1.165, 1.54) is 19.3 Å². The van der Waals surface area contributed by atoms with Crippen molar-refractivity contribution in [1.29, 1.82) is 5.53 Å². The van der Waals surface area contributed by atoms with Crippen LogP contribution in [0.15, 0.2) is 17.4 Å². The summed E-state index contributed by atoms with van der Waals surface area (Å²) in [6.45, 7) is 8.15. The van der Waals surface area contributed by atoms with Gasteiger partial charge in [0, 0.05) is 0 Å². The average molecular weight is 168 g/mol. The van der Waals surface area contributed by atoms with Crippen LogP contribution in [0.4, 0.5) is 0 Å². The number of hydrogen-bond acceptors (Lipinski definition) is 2. The minimum absolute atomic E-state index is 0.708. The number of nitrogens with zero attached hydrogens (tertiary/aromatic N) is 1. The molecule has 0 bridgehead atoms. The molecule has 0 atom stereocenters. The summed E-state index contributed by atoms with van der Waals surface area (Å²) >= 11 is 0. The molecule has 1 N–H and O–H groups in total. The van der Waals surface area contributed by atoms with E-state index in [0.717, 1.165) is 18.8 Å². The zero-order valence-corrected chi connectivity index (χ0v) is 8.27. The van der Waals surface area contributed by atoms with Crippen LogP contribution in [0.3, 0.4) is 0 Å². The molecular weight excluding hydrogens is 148 g/mol. The third-order valence-electron chi connectivity index (χ3n) is 1.90. The van der Waals surface area contributed by atoms with Gasteiger partial charge in [-0.1, -0.05) is 39.7 Å². The van der Waals surface area contributed by atoms with Gasteiger partial charge >= 0.3 is 0 Å². The number of rotatable bonds is 7. The molecule has 0 rings (SSSR count). The van der Waals surface area contributed by atoms with Gasteiger partial charge in [-0.2, -0.15) is 5.11 Å². The summed E-state index contributed by atoms with van der Waals surface area (Å²) in [4.78, 5) is 0. The third-order valence-corrected chi connectivity index (χ3v) is 1.90. The number of nitrogens with one attached hydrogen (secondary N) is 1. The van der Waals surface area contributed by atoms with Gasteiger partial charge in [0.1, 0.15) is 0 Å². The van der Waals surface area contributed by atoms with Crippen molar-refractivity contribution in [2.45, 2.75) is 46.0 Å². The van der Waals surface area contributed by atoms with Crippen molar-refractivity contribution in [3.8, 4) is 0 Å². The maximum absolute atomic E-state index is 6.68. The molecule has 0 saturated heterocycles. The van der Waals surface area contributed by atoms with Crippen molar-refractivity contribution in [1.82, 2.24) is 0 Å². The summed E-state index contributed by atoms with van der Waals surface area (Å²) in [5.74, 6) is 0.814. The topological polar surface area (TPSA) is 36.2 Å². The van der Waals surface area contributed by atoms with E-state index in [0.29, 0.717) is 5.70 Å². The van der Waals surface area contributed by atoms with Gasteiger partial charge in [0.2, 0.25) is 0 Å². The van der Waals surface area contributed by atoms with Crippen molar-refractivity contribution in [2.24, 2.45) is 11.0 Å². The van der Waals surface area contributed by atoms with Gasteiger partial charge in [-0.15, -0.1) is 0 Å². The van der Waals surface area contributed by atoms with Gasteiger partial charge in [0.25, 0.3) is 0 Å². The Kier molecular flexibility index (Phi) is 6.63. The molecule has 0 radical (unpaired) electrons. The van der Waals surface area contributed by atoms with E-state index in [1.54, 1.807) is 0 Å². The summed E-state index contributed by atoms with van der Waals surface area (Å²) in [6, 6.07) is 0. The van der Waals surface area contributed by atoms with Crippen molar-refractivity contribution in [3.63, 3.8) is 0 Å². The molecule has 0 amide bonds. The van der Waals surface area contributed by atoms with Gasteiger partial charge in [-0.05, 0) is 18.8 Å². The lowest BCUT2D eigenvalue weighted by Crippen LogP contribution is -1.87. The first-order valence-corrected chi connectivity index (χ1v) is 4.72. The molecule has 70 valence electrons. The Balaban J connectivity index is 3.11.